The number of carbonyl (C=O) groups excluding carboxylic acids is 1. The maximum Gasteiger partial charge on any atom is 0.267 e. The lowest BCUT2D eigenvalue weighted by atomic mass is 9.91. The third-order valence-corrected chi connectivity index (χ3v) is 6.23. The standard InChI is InChI=1S/C26H29N3O3/c1-18-13-25(31)29(27-16-18)17-24(30)28-23-11-8-19(9-12-23)14-20-7-10-22(15-20)26(32)21-5-3-2-4-6-21/h2-6,8-9,11-13,16,20,22,26,32H,7,10,14-15,17H2,1H3,(H,28,30)/t20-,22-,26+/m0/s1. The molecule has 1 aliphatic rings. The summed E-state index contributed by atoms with van der Waals surface area (Å²) in [4.78, 5) is 24.2. The molecule has 0 unspecified atom stereocenters. The second kappa shape index (κ2) is 9.92. The third kappa shape index (κ3) is 5.51. The number of aliphatic hydroxyl groups excluding tert-OH is 1. The van der Waals surface area contributed by atoms with Crippen LogP contribution in [0, 0.1) is 18.8 Å². The van der Waals surface area contributed by atoms with Crippen LogP contribution < -0.4 is 10.9 Å². The van der Waals surface area contributed by atoms with Gasteiger partial charge in [-0.05, 0) is 73.3 Å². The summed E-state index contributed by atoms with van der Waals surface area (Å²) in [5.41, 5.74) is 3.40. The van der Waals surface area contributed by atoms with Gasteiger partial charge in [0.2, 0.25) is 5.91 Å². The summed E-state index contributed by atoms with van der Waals surface area (Å²) in [6.07, 6.45) is 5.32. The van der Waals surface area contributed by atoms with E-state index in [1.807, 2.05) is 54.6 Å². The molecule has 1 aliphatic carbocycles. The van der Waals surface area contributed by atoms with Crippen LogP contribution in [-0.2, 0) is 17.8 Å². The van der Waals surface area contributed by atoms with Crippen LogP contribution in [0.5, 0.6) is 0 Å². The Hall–Kier alpha value is -3.25. The van der Waals surface area contributed by atoms with Gasteiger partial charge in [-0.25, -0.2) is 4.68 Å². The SMILES string of the molecule is Cc1cnn(CC(=O)Nc2ccc(C[C@@H]3CC[C@H]([C@H](O)c4ccccc4)C3)cc2)c(=O)c1. The van der Waals surface area contributed by atoms with Gasteiger partial charge in [0, 0.05) is 11.8 Å². The highest BCUT2D eigenvalue weighted by Gasteiger charge is 2.30. The number of nitrogens with one attached hydrogen (secondary N) is 1. The van der Waals surface area contributed by atoms with Crippen molar-refractivity contribution < 1.29 is 9.90 Å². The molecule has 6 nitrogen and oxygen atoms in total. The van der Waals surface area contributed by atoms with Crippen LogP contribution in [0.1, 0.15) is 42.1 Å². The summed E-state index contributed by atoms with van der Waals surface area (Å²) in [6, 6.07) is 19.2. The van der Waals surface area contributed by atoms with Crippen molar-refractivity contribution in [1.82, 2.24) is 9.78 Å². The number of amides is 1. The van der Waals surface area contributed by atoms with E-state index in [0.717, 1.165) is 41.5 Å². The van der Waals surface area contributed by atoms with E-state index in [1.165, 1.54) is 11.6 Å². The van der Waals surface area contributed by atoms with E-state index in [-0.39, 0.29) is 18.0 Å². The summed E-state index contributed by atoms with van der Waals surface area (Å²) in [5, 5.41) is 17.5. The molecule has 2 N–H and O–H groups in total. The molecule has 3 aromatic rings. The first kappa shape index (κ1) is 22.0. The van der Waals surface area contributed by atoms with Gasteiger partial charge in [0.1, 0.15) is 6.54 Å². The molecule has 0 saturated heterocycles. The molecule has 0 spiro atoms. The average Bonchev–Trinajstić information content (AvgIpc) is 3.25. The van der Waals surface area contributed by atoms with Crippen LogP contribution in [-0.4, -0.2) is 20.8 Å². The number of nitrogens with zero attached hydrogens (tertiary/aromatic N) is 2. The maximum atomic E-state index is 12.3. The molecule has 6 heteroatoms. The Morgan fingerprint density at radius 3 is 2.62 bits per heavy atom. The minimum absolute atomic E-state index is 0.117. The zero-order valence-corrected chi connectivity index (χ0v) is 18.3. The van der Waals surface area contributed by atoms with Gasteiger partial charge in [-0.3, -0.25) is 9.59 Å². The average molecular weight is 432 g/mol. The van der Waals surface area contributed by atoms with E-state index in [0.29, 0.717) is 17.5 Å². The fourth-order valence-electron chi connectivity index (χ4n) is 4.55. The quantitative estimate of drug-likeness (QED) is 0.595. The highest BCUT2D eigenvalue weighted by atomic mass is 16.3. The number of aliphatic hydroxyl groups is 1. The minimum atomic E-state index is -0.394. The van der Waals surface area contributed by atoms with E-state index >= 15 is 0 Å². The van der Waals surface area contributed by atoms with Crippen molar-refractivity contribution in [2.24, 2.45) is 11.8 Å². The van der Waals surface area contributed by atoms with Crippen LogP contribution >= 0.6 is 0 Å². The summed E-state index contributed by atoms with van der Waals surface area (Å²) >= 11 is 0. The van der Waals surface area contributed by atoms with Gasteiger partial charge in [0.05, 0.1) is 12.3 Å². The number of benzene rings is 2. The number of hydrogen-bond donors (Lipinski definition) is 2. The van der Waals surface area contributed by atoms with Crippen molar-refractivity contribution >= 4 is 11.6 Å². The first-order valence-electron chi connectivity index (χ1n) is 11.1. The molecule has 1 heterocycles. The second-order valence-corrected chi connectivity index (χ2v) is 8.77. The highest BCUT2D eigenvalue weighted by Crippen LogP contribution is 2.40. The Morgan fingerprint density at radius 2 is 1.91 bits per heavy atom. The van der Waals surface area contributed by atoms with Crippen molar-refractivity contribution in [3.8, 4) is 0 Å². The summed E-state index contributed by atoms with van der Waals surface area (Å²) < 4.78 is 1.15. The summed E-state index contributed by atoms with van der Waals surface area (Å²) in [6.45, 7) is 1.67. The summed E-state index contributed by atoms with van der Waals surface area (Å²) in [5.74, 6) is 0.572. The normalized spacial score (nSPS) is 18.9. The Morgan fingerprint density at radius 1 is 1.16 bits per heavy atom. The molecule has 1 fully saturated rings. The number of carbonyl (C=O) groups is 1. The van der Waals surface area contributed by atoms with Crippen molar-refractivity contribution in [2.45, 2.75) is 45.3 Å². The lowest BCUT2D eigenvalue weighted by Gasteiger charge is -2.19. The monoisotopic (exact) mass is 431 g/mol. The number of anilines is 1. The molecule has 0 bridgehead atoms. The number of hydrogen-bond acceptors (Lipinski definition) is 4. The fourth-order valence-corrected chi connectivity index (χ4v) is 4.55. The predicted octanol–water partition coefficient (Wildman–Crippen LogP) is 3.88. The number of aryl methyl sites for hydroxylation is 1. The molecule has 1 saturated carbocycles. The van der Waals surface area contributed by atoms with Crippen LogP contribution in [0.3, 0.4) is 0 Å². The first-order valence-corrected chi connectivity index (χ1v) is 11.1. The van der Waals surface area contributed by atoms with Gasteiger partial charge < -0.3 is 10.4 Å². The lowest BCUT2D eigenvalue weighted by Crippen LogP contribution is -2.29. The van der Waals surface area contributed by atoms with Crippen molar-refractivity contribution in [3.05, 3.63) is 93.9 Å². The fraction of sp³-hybridized carbons (Fsp3) is 0.346. The zero-order valence-electron chi connectivity index (χ0n) is 18.3. The molecule has 166 valence electrons. The van der Waals surface area contributed by atoms with E-state index in [4.69, 9.17) is 0 Å². The van der Waals surface area contributed by atoms with Crippen molar-refractivity contribution in [1.29, 1.82) is 0 Å². The molecule has 3 atom stereocenters. The van der Waals surface area contributed by atoms with Gasteiger partial charge in [0.15, 0.2) is 0 Å². The first-order chi connectivity index (χ1) is 15.5. The Bertz CT molecular complexity index is 1110. The molecular weight excluding hydrogens is 402 g/mol. The molecule has 4 rings (SSSR count). The highest BCUT2D eigenvalue weighted by molar-refractivity contribution is 5.90. The number of aromatic nitrogens is 2. The van der Waals surface area contributed by atoms with Gasteiger partial charge in [-0.15, -0.1) is 0 Å². The van der Waals surface area contributed by atoms with E-state index in [2.05, 4.69) is 10.4 Å². The largest absolute Gasteiger partial charge is 0.388 e. The smallest absolute Gasteiger partial charge is 0.267 e. The molecule has 2 aromatic carbocycles. The lowest BCUT2D eigenvalue weighted by molar-refractivity contribution is -0.117. The van der Waals surface area contributed by atoms with Gasteiger partial charge in [0.25, 0.3) is 5.56 Å². The molecule has 0 aliphatic heterocycles. The van der Waals surface area contributed by atoms with Crippen LogP contribution in [0.4, 0.5) is 5.69 Å². The predicted molar refractivity (Wildman–Crippen MR) is 124 cm³/mol. The topological polar surface area (TPSA) is 84.2 Å². The molecule has 0 radical (unpaired) electrons. The maximum absolute atomic E-state index is 12.3. The van der Waals surface area contributed by atoms with Gasteiger partial charge in [-0.2, -0.15) is 5.10 Å². The summed E-state index contributed by atoms with van der Waals surface area (Å²) in [7, 11) is 0. The van der Waals surface area contributed by atoms with Crippen molar-refractivity contribution in [3.63, 3.8) is 0 Å². The molecule has 1 aromatic heterocycles. The molecule has 32 heavy (non-hydrogen) atoms. The van der Waals surface area contributed by atoms with Gasteiger partial charge in [-0.1, -0.05) is 42.5 Å². The Labute approximate surface area is 187 Å². The van der Waals surface area contributed by atoms with Crippen LogP contribution in [0.25, 0.3) is 0 Å². The van der Waals surface area contributed by atoms with Crippen LogP contribution in [0.2, 0.25) is 0 Å². The van der Waals surface area contributed by atoms with E-state index < -0.39 is 6.10 Å². The zero-order chi connectivity index (χ0) is 22.5. The number of rotatable bonds is 7. The van der Waals surface area contributed by atoms with E-state index in [9.17, 15) is 14.7 Å². The Kier molecular flexibility index (Phi) is 6.81. The second-order valence-electron chi connectivity index (χ2n) is 8.77. The molecular formula is C26H29N3O3. The Balaban J connectivity index is 1.28. The third-order valence-electron chi connectivity index (χ3n) is 6.23. The van der Waals surface area contributed by atoms with Crippen molar-refractivity contribution in [2.75, 3.05) is 5.32 Å². The minimum Gasteiger partial charge on any atom is -0.388 e. The van der Waals surface area contributed by atoms with E-state index in [1.54, 1.807) is 13.1 Å². The molecule has 1 amide bonds. The van der Waals surface area contributed by atoms with Crippen LogP contribution in [0.15, 0.2) is 71.7 Å². The van der Waals surface area contributed by atoms with Gasteiger partial charge >= 0.3 is 0 Å².